The first-order chi connectivity index (χ1) is 5.54. The van der Waals surface area contributed by atoms with Crippen LogP contribution < -0.4 is 0 Å². The molecule has 1 aromatic carbocycles. The highest BCUT2D eigenvalue weighted by molar-refractivity contribution is 7.98. The minimum atomic E-state index is -4.04. The monoisotopic (exact) mass is 204 g/mol. The Hall–Kier alpha value is -0.520. The minimum Gasteiger partial charge on any atom is -0.282 e. The number of thioether (sulfide) groups is 1. The molecule has 1 rings (SSSR count). The molecule has 0 fully saturated rings. The van der Waals surface area contributed by atoms with Crippen molar-refractivity contribution in [1.29, 1.82) is 0 Å². The average molecular weight is 204 g/mol. The lowest BCUT2D eigenvalue weighted by Gasteiger charge is -1.97. The van der Waals surface area contributed by atoms with Gasteiger partial charge in [-0.05, 0) is 30.5 Å². The molecule has 1 N–H and O–H groups in total. The SMILES string of the molecule is CSc1ccc(S(=O)(=O)O)cc1. The van der Waals surface area contributed by atoms with Gasteiger partial charge in [0.15, 0.2) is 0 Å². The van der Waals surface area contributed by atoms with Crippen LogP contribution in [0.15, 0.2) is 34.1 Å². The van der Waals surface area contributed by atoms with Gasteiger partial charge in [-0.25, -0.2) is 0 Å². The summed E-state index contributed by atoms with van der Waals surface area (Å²) in [7, 11) is -4.04. The summed E-state index contributed by atoms with van der Waals surface area (Å²) in [6.45, 7) is 0. The Morgan fingerprint density at radius 1 is 1.25 bits per heavy atom. The maximum absolute atomic E-state index is 10.6. The zero-order valence-electron chi connectivity index (χ0n) is 6.39. The van der Waals surface area contributed by atoms with E-state index in [-0.39, 0.29) is 4.90 Å². The maximum Gasteiger partial charge on any atom is 0.294 e. The Morgan fingerprint density at radius 3 is 2.08 bits per heavy atom. The van der Waals surface area contributed by atoms with Crippen molar-refractivity contribution < 1.29 is 13.0 Å². The molecule has 0 aliphatic heterocycles. The number of rotatable bonds is 2. The summed E-state index contributed by atoms with van der Waals surface area (Å²) in [5.41, 5.74) is 0. The van der Waals surface area contributed by atoms with Crippen molar-refractivity contribution in [3.8, 4) is 0 Å². The molecule has 3 nitrogen and oxygen atoms in total. The molecule has 0 radical (unpaired) electrons. The third-order valence-corrected chi connectivity index (χ3v) is 2.97. The molecule has 12 heavy (non-hydrogen) atoms. The second-order valence-electron chi connectivity index (χ2n) is 2.15. The fourth-order valence-corrected chi connectivity index (χ4v) is 1.64. The molecule has 0 bridgehead atoms. The molecule has 0 heterocycles. The normalized spacial score (nSPS) is 11.5. The molecule has 0 aliphatic rings. The number of benzene rings is 1. The summed E-state index contributed by atoms with van der Waals surface area (Å²) in [5, 5.41) is 0. The van der Waals surface area contributed by atoms with Crippen molar-refractivity contribution in [3.05, 3.63) is 24.3 Å². The standard InChI is InChI=1S/C7H8O3S2/c1-11-6-2-4-7(5-3-6)12(8,9)10/h2-5H,1H3,(H,8,9,10). The van der Waals surface area contributed by atoms with Crippen LogP contribution in [0.4, 0.5) is 0 Å². The van der Waals surface area contributed by atoms with Crippen LogP contribution in [0.3, 0.4) is 0 Å². The van der Waals surface area contributed by atoms with Gasteiger partial charge in [0.1, 0.15) is 0 Å². The lowest BCUT2D eigenvalue weighted by Crippen LogP contribution is -1.96. The molecule has 5 heteroatoms. The van der Waals surface area contributed by atoms with Crippen LogP contribution in [-0.2, 0) is 10.1 Å². The average Bonchev–Trinajstić information content (AvgIpc) is 2.03. The molecule has 66 valence electrons. The Labute approximate surface area is 75.5 Å². The Balaban J connectivity index is 3.09. The third kappa shape index (κ3) is 2.23. The number of hydrogen-bond acceptors (Lipinski definition) is 3. The molecular formula is C7H8O3S2. The van der Waals surface area contributed by atoms with Crippen LogP contribution in [-0.4, -0.2) is 19.2 Å². The van der Waals surface area contributed by atoms with Crippen molar-refractivity contribution in [1.82, 2.24) is 0 Å². The fraction of sp³-hybridized carbons (Fsp3) is 0.143. The van der Waals surface area contributed by atoms with E-state index in [1.807, 2.05) is 6.26 Å². The predicted molar refractivity (Wildman–Crippen MR) is 48.0 cm³/mol. The van der Waals surface area contributed by atoms with Gasteiger partial charge in [-0.1, -0.05) is 0 Å². The number of hydrogen-bond donors (Lipinski definition) is 1. The molecule has 0 saturated carbocycles. The van der Waals surface area contributed by atoms with Crippen LogP contribution >= 0.6 is 11.8 Å². The van der Waals surface area contributed by atoms with E-state index in [0.717, 1.165) is 4.90 Å². The highest BCUT2D eigenvalue weighted by Crippen LogP contribution is 2.16. The second-order valence-corrected chi connectivity index (χ2v) is 4.45. The molecule has 0 spiro atoms. The molecule has 0 unspecified atom stereocenters. The highest BCUT2D eigenvalue weighted by Gasteiger charge is 2.07. The van der Waals surface area contributed by atoms with E-state index in [1.165, 1.54) is 23.9 Å². The predicted octanol–water partition coefficient (Wildman–Crippen LogP) is 1.66. The van der Waals surface area contributed by atoms with E-state index >= 15 is 0 Å². The molecule has 0 aliphatic carbocycles. The van der Waals surface area contributed by atoms with Crippen LogP contribution in [0.2, 0.25) is 0 Å². The van der Waals surface area contributed by atoms with E-state index in [0.29, 0.717) is 0 Å². The summed E-state index contributed by atoms with van der Waals surface area (Å²) in [5.74, 6) is 0. The van der Waals surface area contributed by atoms with Crippen molar-refractivity contribution in [2.75, 3.05) is 6.26 Å². The van der Waals surface area contributed by atoms with E-state index in [9.17, 15) is 8.42 Å². The van der Waals surface area contributed by atoms with Crippen LogP contribution in [0.5, 0.6) is 0 Å². The van der Waals surface area contributed by atoms with E-state index in [4.69, 9.17) is 4.55 Å². The van der Waals surface area contributed by atoms with Gasteiger partial charge in [0.25, 0.3) is 10.1 Å². The molecule has 0 amide bonds. The quantitative estimate of drug-likeness (QED) is 0.588. The van der Waals surface area contributed by atoms with Gasteiger partial charge >= 0.3 is 0 Å². The van der Waals surface area contributed by atoms with Gasteiger partial charge in [0, 0.05) is 4.90 Å². The van der Waals surface area contributed by atoms with Crippen LogP contribution in [0.25, 0.3) is 0 Å². The van der Waals surface area contributed by atoms with Crippen molar-refractivity contribution in [3.63, 3.8) is 0 Å². The van der Waals surface area contributed by atoms with Gasteiger partial charge in [-0.2, -0.15) is 8.42 Å². The Kier molecular flexibility index (Phi) is 2.76. The lowest BCUT2D eigenvalue weighted by molar-refractivity contribution is 0.483. The third-order valence-electron chi connectivity index (χ3n) is 1.36. The first-order valence-electron chi connectivity index (χ1n) is 3.15. The smallest absolute Gasteiger partial charge is 0.282 e. The molecule has 0 saturated heterocycles. The zero-order chi connectivity index (χ0) is 9.19. The van der Waals surface area contributed by atoms with Crippen molar-refractivity contribution in [2.45, 2.75) is 9.79 Å². The Bertz CT molecular complexity index is 353. The summed E-state index contributed by atoms with van der Waals surface area (Å²) < 4.78 is 29.8. The summed E-state index contributed by atoms with van der Waals surface area (Å²) in [6.07, 6.45) is 1.89. The first-order valence-corrected chi connectivity index (χ1v) is 5.82. The van der Waals surface area contributed by atoms with Gasteiger partial charge in [0.05, 0.1) is 4.90 Å². The highest BCUT2D eigenvalue weighted by atomic mass is 32.2. The second kappa shape index (κ2) is 3.47. The maximum atomic E-state index is 10.6. The molecule has 0 aromatic heterocycles. The van der Waals surface area contributed by atoms with Crippen LogP contribution in [0.1, 0.15) is 0 Å². The van der Waals surface area contributed by atoms with E-state index in [1.54, 1.807) is 12.1 Å². The largest absolute Gasteiger partial charge is 0.294 e. The van der Waals surface area contributed by atoms with Gasteiger partial charge < -0.3 is 0 Å². The zero-order valence-corrected chi connectivity index (χ0v) is 8.02. The summed E-state index contributed by atoms with van der Waals surface area (Å²) >= 11 is 1.51. The van der Waals surface area contributed by atoms with Gasteiger partial charge in [-0.3, -0.25) is 4.55 Å². The van der Waals surface area contributed by atoms with Crippen molar-refractivity contribution >= 4 is 21.9 Å². The molecule has 1 aromatic rings. The molecular weight excluding hydrogens is 196 g/mol. The minimum absolute atomic E-state index is 0.0692. The molecule has 0 atom stereocenters. The Morgan fingerprint density at radius 2 is 1.75 bits per heavy atom. The van der Waals surface area contributed by atoms with E-state index < -0.39 is 10.1 Å². The fourth-order valence-electron chi connectivity index (χ4n) is 0.748. The van der Waals surface area contributed by atoms with Crippen molar-refractivity contribution in [2.24, 2.45) is 0 Å². The summed E-state index contributed by atoms with van der Waals surface area (Å²) in [6, 6.07) is 6.05. The first kappa shape index (κ1) is 9.57. The topological polar surface area (TPSA) is 54.4 Å². The van der Waals surface area contributed by atoms with E-state index in [2.05, 4.69) is 0 Å². The van der Waals surface area contributed by atoms with Gasteiger partial charge in [-0.15, -0.1) is 11.8 Å². The van der Waals surface area contributed by atoms with Gasteiger partial charge in [0.2, 0.25) is 0 Å². The summed E-state index contributed by atoms with van der Waals surface area (Å²) in [4.78, 5) is 0.891. The lowest BCUT2D eigenvalue weighted by atomic mass is 10.4. The van der Waals surface area contributed by atoms with Crippen LogP contribution in [0, 0.1) is 0 Å².